The van der Waals surface area contributed by atoms with Gasteiger partial charge in [0, 0.05) is 13.2 Å². The fourth-order valence-electron chi connectivity index (χ4n) is 1.31. The Balaban J connectivity index is 2.41. The largest absolute Gasteiger partial charge is 0.491 e. The minimum absolute atomic E-state index is 0.0180. The Morgan fingerprint density at radius 1 is 1.40 bits per heavy atom. The van der Waals surface area contributed by atoms with Crippen molar-refractivity contribution in [3.8, 4) is 5.75 Å². The van der Waals surface area contributed by atoms with E-state index in [4.69, 9.17) is 15.2 Å². The molecule has 1 rings (SSSR count). The van der Waals surface area contributed by atoms with Gasteiger partial charge in [0.25, 0.3) is 0 Å². The van der Waals surface area contributed by atoms with E-state index >= 15 is 0 Å². The van der Waals surface area contributed by atoms with Gasteiger partial charge in [-0.1, -0.05) is 12.1 Å². The van der Waals surface area contributed by atoms with Crippen LogP contribution in [0.1, 0.15) is 12.5 Å². The summed E-state index contributed by atoms with van der Waals surface area (Å²) >= 11 is 0. The van der Waals surface area contributed by atoms with E-state index in [-0.39, 0.29) is 6.10 Å². The summed E-state index contributed by atoms with van der Waals surface area (Å²) < 4.78 is 11.0. The fraction of sp³-hybridized carbons (Fsp3) is 0.500. The first-order chi connectivity index (χ1) is 7.26. The monoisotopic (exact) mass is 209 g/mol. The molecule has 84 valence electrons. The average Bonchev–Trinajstić information content (AvgIpc) is 2.24. The Morgan fingerprint density at radius 2 is 2.20 bits per heavy atom. The minimum atomic E-state index is -0.0180. The molecular weight excluding hydrogens is 190 g/mol. The maximum absolute atomic E-state index is 5.59. The molecule has 0 aliphatic rings. The number of benzene rings is 1. The summed E-state index contributed by atoms with van der Waals surface area (Å²) in [7, 11) is 0. The summed E-state index contributed by atoms with van der Waals surface area (Å²) in [5.41, 5.74) is 6.74. The molecule has 0 aromatic heterocycles. The van der Waals surface area contributed by atoms with E-state index in [9.17, 15) is 0 Å². The molecule has 0 saturated heterocycles. The van der Waals surface area contributed by atoms with Crippen LogP contribution in [0.5, 0.6) is 5.75 Å². The predicted molar refractivity (Wildman–Crippen MR) is 61.1 cm³/mol. The maximum Gasteiger partial charge on any atom is 0.119 e. The molecule has 0 bridgehead atoms. The van der Waals surface area contributed by atoms with Crippen LogP contribution in [-0.4, -0.2) is 25.9 Å². The van der Waals surface area contributed by atoms with Crippen LogP contribution >= 0.6 is 0 Å². The van der Waals surface area contributed by atoms with Gasteiger partial charge in [0.1, 0.15) is 18.5 Å². The summed E-state index contributed by atoms with van der Waals surface area (Å²) in [5, 5.41) is 0. The molecule has 0 aliphatic heterocycles. The van der Waals surface area contributed by atoms with Crippen LogP contribution in [0, 0.1) is 6.92 Å². The summed E-state index contributed by atoms with van der Waals surface area (Å²) in [4.78, 5) is 0. The van der Waals surface area contributed by atoms with Gasteiger partial charge in [0.05, 0.1) is 0 Å². The second kappa shape index (κ2) is 6.43. The Bertz CT molecular complexity index is 289. The third-order valence-electron chi connectivity index (χ3n) is 2.09. The predicted octanol–water partition coefficient (Wildman–Crippen LogP) is 1.74. The van der Waals surface area contributed by atoms with E-state index in [2.05, 4.69) is 0 Å². The highest BCUT2D eigenvalue weighted by atomic mass is 16.5. The highest BCUT2D eigenvalue weighted by molar-refractivity contribution is 5.27. The molecule has 2 N–H and O–H groups in total. The zero-order chi connectivity index (χ0) is 11.1. The molecule has 1 aromatic carbocycles. The maximum atomic E-state index is 5.59. The number of ether oxygens (including phenoxy) is 2. The van der Waals surface area contributed by atoms with Crippen molar-refractivity contribution < 1.29 is 9.47 Å². The molecule has 0 spiro atoms. The number of nitrogens with two attached hydrogens (primary N) is 1. The smallest absolute Gasteiger partial charge is 0.119 e. The van der Waals surface area contributed by atoms with Gasteiger partial charge in [-0.2, -0.15) is 0 Å². The third kappa shape index (κ3) is 4.32. The average molecular weight is 209 g/mol. The molecule has 0 fully saturated rings. The summed E-state index contributed by atoms with van der Waals surface area (Å²) in [6, 6.07) is 7.95. The van der Waals surface area contributed by atoms with Crippen molar-refractivity contribution in [2.75, 3.05) is 19.8 Å². The Morgan fingerprint density at radius 3 is 2.80 bits per heavy atom. The second-order valence-electron chi connectivity index (χ2n) is 3.44. The summed E-state index contributed by atoms with van der Waals surface area (Å²) in [5.74, 6) is 0.869. The highest BCUT2D eigenvalue weighted by Crippen LogP contribution is 2.12. The molecule has 15 heavy (non-hydrogen) atoms. The molecule has 0 amide bonds. The van der Waals surface area contributed by atoms with E-state index in [1.165, 1.54) is 5.56 Å². The van der Waals surface area contributed by atoms with Crippen LogP contribution in [0.15, 0.2) is 24.3 Å². The lowest BCUT2D eigenvalue weighted by atomic mass is 10.2. The molecule has 3 heteroatoms. The Labute approximate surface area is 91.2 Å². The van der Waals surface area contributed by atoms with Crippen molar-refractivity contribution in [2.24, 2.45) is 5.73 Å². The quantitative estimate of drug-likeness (QED) is 0.776. The highest BCUT2D eigenvalue weighted by Gasteiger charge is 2.06. The number of rotatable bonds is 6. The summed E-state index contributed by atoms with van der Waals surface area (Å²) in [6.07, 6.45) is -0.0180. The van der Waals surface area contributed by atoms with Crippen molar-refractivity contribution in [1.82, 2.24) is 0 Å². The van der Waals surface area contributed by atoms with Crippen LogP contribution in [0.3, 0.4) is 0 Å². The van der Waals surface area contributed by atoms with Gasteiger partial charge in [-0.15, -0.1) is 0 Å². The van der Waals surface area contributed by atoms with Crippen LogP contribution < -0.4 is 10.5 Å². The van der Waals surface area contributed by atoms with Crippen molar-refractivity contribution in [1.29, 1.82) is 0 Å². The molecule has 0 aliphatic carbocycles. The minimum Gasteiger partial charge on any atom is -0.491 e. The zero-order valence-corrected chi connectivity index (χ0v) is 9.40. The van der Waals surface area contributed by atoms with Crippen LogP contribution in [0.25, 0.3) is 0 Å². The topological polar surface area (TPSA) is 44.5 Å². The van der Waals surface area contributed by atoms with Gasteiger partial charge in [0.2, 0.25) is 0 Å². The molecule has 0 unspecified atom stereocenters. The molecule has 3 nitrogen and oxygen atoms in total. The lowest BCUT2D eigenvalue weighted by molar-refractivity contribution is 0.0337. The van der Waals surface area contributed by atoms with E-state index in [0.29, 0.717) is 19.8 Å². The molecule has 1 atom stereocenters. The van der Waals surface area contributed by atoms with Crippen LogP contribution in [-0.2, 0) is 4.74 Å². The Kier molecular flexibility index (Phi) is 5.15. The fourth-order valence-corrected chi connectivity index (χ4v) is 1.31. The first-order valence-corrected chi connectivity index (χ1v) is 5.27. The third-order valence-corrected chi connectivity index (χ3v) is 2.09. The van der Waals surface area contributed by atoms with Crippen molar-refractivity contribution >= 4 is 0 Å². The molecular formula is C12H19NO2. The lowest BCUT2D eigenvalue weighted by Crippen LogP contribution is -2.30. The number of hydrogen-bond donors (Lipinski definition) is 1. The molecule has 0 radical (unpaired) electrons. The van der Waals surface area contributed by atoms with Gasteiger partial charge < -0.3 is 15.2 Å². The second-order valence-corrected chi connectivity index (χ2v) is 3.44. The van der Waals surface area contributed by atoms with Gasteiger partial charge in [-0.05, 0) is 31.5 Å². The van der Waals surface area contributed by atoms with Gasteiger partial charge >= 0.3 is 0 Å². The lowest BCUT2D eigenvalue weighted by Gasteiger charge is -2.15. The SMILES string of the molecule is CCO[C@H](CN)COc1cccc(C)c1. The van der Waals surface area contributed by atoms with Crippen molar-refractivity contribution in [3.63, 3.8) is 0 Å². The van der Waals surface area contributed by atoms with Gasteiger partial charge in [0.15, 0.2) is 0 Å². The molecule has 0 heterocycles. The van der Waals surface area contributed by atoms with E-state index < -0.39 is 0 Å². The van der Waals surface area contributed by atoms with Gasteiger partial charge in [-0.25, -0.2) is 0 Å². The Hall–Kier alpha value is -1.06. The zero-order valence-electron chi connectivity index (χ0n) is 9.40. The van der Waals surface area contributed by atoms with Crippen LogP contribution in [0.4, 0.5) is 0 Å². The van der Waals surface area contributed by atoms with Crippen molar-refractivity contribution in [2.45, 2.75) is 20.0 Å². The molecule has 1 aromatic rings. The first kappa shape index (κ1) is 12.0. The number of hydrogen-bond acceptors (Lipinski definition) is 3. The standard InChI is InChI=1S/C12H19NO2/c1-3-14-12(8-13)9-15-11-6-4-5-10(2)7-11/h4-7,12H,3,8-9,13H2,1-2H3/t12-/m1/s1. The first-order valence-electron chi connectivity index (χ1n) is 5.27. The van der Waals surface area contributed by atoms with Gasteiger partial charge in [-0.3, -0.25) is 0 Å². The summed E-state index contributed by atoms with van der Waals surface area (Å²) in [6.45, 7) is 5.65. The van der Waals surface area contributed by atoms with E-state index in [0.717, 1.165) is 5.75 Å². The van der Waals surface area contributed by atoms with Crippen molar-refractivity contribution in [3.05, 3.63) is 29.8 Å². The van der Waals surface area contributed by atoms with Crippen LogP contribution in [0.2, 0.25) is 0 Å². The van der Waals surface area contributed by atoms with E-state index in [1.54, 1.807) is 0 Å². The normalized spacial score (nSPS) is 12.5. The number of aryl methyl sites for hydroxylation is 1. The van der Waals surface area contributed by atoms with E-state index in [1.807, 2.05) is 38.1 Å². The molecule has 0 saturated carbocycles.